The molecule has 3 N–H and O–H groups in total. The Hall–Kier alpha value is -3.68. The molecule has 0 spiro atoms. The first-order valence-electron chi connectivity index (χ1n) is 10.8. The number of aromatic nitrogens is 2. The molecule has 1 aromatic heterocycles. The van der Waals surface area contributed by atoms with Crippen molar-refractivity contribution in [1.29, 1.82) is 0 Å². The van der Waals surface area contributed by atoms with Crippen LogP contribution < -0.4 is 16.0 Å². The maximum absolute atomic E-state index is 12.8. The van der Waals surface area contributed by atoms with Gasteiger partial charge in [0.2, 0.25) is 11.8 Å². The van der Waals surface area contributed by atoms with E-state index in [1.807, 2.05) is 31.2 Å². The van der Waals surface area contributed by atoms with Crippen molar-refractivity contribution in [3.05, 3.63) is 59.9 Å². The van der Waals surface area contributed by atoms with E-state index in [1.165, 1.54) is 0 Å². The molecule has 4 rings (SSSR count). The van der Waals surface area contributed by atoms with E-state index in [0.29, 0.717) is 17.2 Å². The topological polar surface area (TPSA) is 105 Å². The molecule has 8 nitrogen and oxygen atoms in total. The van der Waals surface area contributed by atoms with Crippen LogP contribution in [0.25, 0.3) is 11.0 Å². The number of imidazole rings is 1. The lowest BCUT2D eigenvalue weighted by Gasteiger charge is -2.19. The van der Waals surface area contributed by atoms with Gasteiger partial charge in [0, 0.05) is 6.54 Å². The highest BCUT2D eigenvalue weighted by Gasteiger charge is 2.30. The molecule has 0 saturated heterocycles. The molecule has 0 aliphatic carbocycles. The van der Waals surface area contributed by atoms with Crippen LogP contribution in [0.3, 0.4) is 0 Å². The van der Waals surface area contributed by atoms with E-state index in [1.54, 1.807) is 24.3 Å². The van der Waals surface area contributed by atoms with Gasteiger partial charge in [0.15, 0.2) is 0 Å². The summed E-state index contributed by atoms with van der Waals surface area (Å²) in [6, 6.07) is 13.3. The highest BCUT2D eigenvalue weighted by atomic mass is 16.2. The summed E-state index contributed by atoms with van der Waals surface area (Å²) in [7, 11) is 0. The quantitative estimate of drug-likeness (QED) is 0.556. The van der Waals surface area contributed by atoms with Crippen molar-refractivity contribution in [3.63, 3.8) is 0 Å². The number of hydrogen-bond acceptors (Lipinski definition) is 4. The summed E-state index contributed by atoms with van der Waals surface area (Å²) in [6.07, 6.45) is -0.166. The van der Waals surface area contributed by atoms with Gasteiger partial charge in [-0.25, -0.2) is 4.98 Å². The maximum Gasteiger partial charge on any atom is 0.254 e. The number of rotatable bonds is 6. The van der Waals surface area contributed by atoms with Gasteiger partial charge in [-0.05, 0) is 37.1 Å². The van der Waals surface area contributed by atoms with E-state index in [0.717, 1.165) is 23.4 Å². The van der Waals surface area contributed by atoms with Gasteiger partial charge in [-0.3, -0.25) is 14.4 Å². The summed E-state index contributed by atoms with van der Waals surface area (Å²) in [5.74, 6) is 0.0181. The smallest absolute Gasteiger partial charge is 0.254 e. The number of anilines is 1. The number of amides is 3. The SMILES string of the molecule is CC(C)Cn1c([C@H](C)NC(=O)C[C@@H]2NC(=O)c3ccccc3NC2=O)nc2ccccc21. The number of nitrogens with one attached hydrogen (secondary N) is 3. The van der Waals surface area contributed by atoms with Gasteiger partial charge in [0.05, 0.1) is 34.7 Å². The molecular weight excluding hydrogens is 406 g/mol. The number of benzene rings is 2. The molecule has 0 radical (unpaired) electrons. The minimum atomic E-state index is -0.961. The van der Waals surface area contributed by atoms with Crippen molar-refractivity contribution in [3.8, 4) is 0 Å². The summed E-state index contributed by atoms with van der Waals surface area (Å²) >= 11 is 0. The lowest BCUT2D eigenvalue weighted by molar-refractivity contribution is -0.126. The van der Waals surface area contributed by atoms with Crippen LogP contribution in [-0.2, 0) is 16.1 Å². The van der Waals surface area contributed by atoms with Crippen molar-refractivity contribution in [2.75, 3.05) is 5.32 Å². The summed E-state index contributed by atoms with van der Waals surface area (Å²) in [6.45, 7) is 6.91. The molecule has 0 saturated carbocycles. The Morgan fingerprint density at radius 2 is 1.81 bits per heavy atom. The molecule has 2 aromatic carbocycles. The fourth-order valence-corrected chi connectivity index (χ4v) is 3.99. The predicted octanol–water partition coefficient (Wildman–Crippen LogP) is 3.01. The number of hydrogen-bond donors (Lipinski definition) is 3. The van der Waals surface area contributed by atoms with Gasteiger partial charge >= 0.3 is 0 Å². The summed E-state index contributed by atoms with van der Waals surface area (Å²) in [5, 5.41) is 8.32. The zero-order valence-electron chi connectivity index (χ0n) is 18.4. The van der Waals surface area contributed by atoms with Gasteiger partial charge in [0.25, 0.3) is 5.91 Å². The lowest BCUT2D eigenvalue weighted by atomic mass is 10.1. The largest absolute Gasteiger partial charge is 0.346 e. The van der Waals surface area contributed by atoms with E-state index in [4.69, 9.17) is 4.98 Å². The second kappa shape index (κ2) is 8.82. The van der Waals surface area contributed by atoms with Crippen LogP contribution in [0, 0.1) is 5.92 Å². The molecule has 8 heteroatoms. The number of fused-ring (bicyclic) bond motifs is 2. The van der Waals surface area contributed by atoms with Gasteiger partial charge in [-0.15, -0.1) is 0 Å². The number of para-hydroxylation sites is 3. The first-order valence-corrected chi connectivity index (χ1v) is 10.8. The Morgan fingerprint density at radius 1 is 1.09 bits per heavy atom. The second-order valence-corrected chi connectivity index (χ2v) is 8.52. The highest BCUT2D eigenvalue weighted by molar-refractivity contribution is 6.10. The van der Waals surface area contributed by atoms with Crippen molar-refractivity contribution in [2.24, 2.45) is 5.92 Å². The summed E-state index contributed by atoms with van der Waals surface area (Å²) in [5.41, 5.74) is 2.70. The van der Waals surface area contributed by atoms with E-state index >= 15 is 0 Å². The number of nitrogens with zero attached hydrogens (tertiary/aromatic N) is 2. The van der Waals surface area contributed by atoms with Crippen molar-refractivity contribution >= 4 is 34.4 Å². The van der Waals surface area contributed by atoms with Crippen molar-refractivity contribution in [1.82, 2.24) is 20.2 Å². The molecule has 0 bridgehead atoms. The highest BCUT2D eigenvalue weighted by Crippen LogP contribution is 2.23. The van der Waals surface area contributed by atoms with E-state index in [-0.39, 0.29) is 24.3 Å². The van der Waals surface area contributed by atoms with Gasteiger partial charge in [-0.1, -0.05) is 38.1 Å². The zero-order valence-corrected chi connectivity index (χ0v) is 18.4. The van der Waals surface area contributed by atoms with E-state index in [2.05, 4.69) is 34.4 Å². The van der Waals surface area contributed by atoms with Crippen LogP contribution in [0.2, 0.25) is 0 Å². The first kappa shape index (κ1) is 21.5. The van der Waals surface area contributed by atoms with Crippen LogP contribution in [0.5, 0.6) is 0 Å². The molecule has 0 unspecified atom stereocenters. The fraction of sp³-hybridized carbons (Fsp3) is 0.333. The van der Waals surface area contributed by atoms with E-state index in [9.17, 15) is 14.4 Å². The van der Waals surface area contributed by atoms with Crippen LogP contribution in [-0.4, -0.2) is 33.3 Å². The van der Waals surface area contributed by atoms with Gasteiger partial charge in [-0.2, -0.15) is 0 Å². The molecule has 1 aliphatic heterocycles. The summed E-state index contributed by atoms with van der Waals surface area (Å²) in [4.78, 5) is 42.6. The molecule has 166 valence electrons. The molecular formula is C24H27N5O3. The molecule has 3 amide bonds. The van der Waals surface area contributed by atoms with E-state index < -0.39 is 11.9 Å². The average molecular weight is 434 g/mol. The molecule has 1 aliphatic rings. The molecule has 32 heavy (non-hydrogen) atoms. The minimum Gasteiger partial charge on any atom is -0.346 e. The molecule has 2 heterocycles. The molecule has 0 fully saturated rings. The Labute approximate surface area is 186 Å². The third-order valence-corrected chi connectivity index (χ3v) is 5.44. The molecule has 3 aromatic rings. The van der Waals surface area contributed by atoms with Crippen molar-refractivity contribution in [2.45, 2.75) is 45.8 Å². The first-order chi connectivity index (χ1) is 15.3. The van der Waals surface area contributed by atoms with Crippen LogP contribution in [0.1, 0.15) is 49.4 Å². The van der Waals surface area contributed by atoms with Crippen LogP contribution in [0.15, 0.2) is 48.5 Å². The zero-order chi connectivity index (χ0) is 22.8. The van der Waals surface area contributed by atoms with Crippen molar-refractivity contribution < 1.29 is 14.4 Å². The second-order valence-electron chi connectivity index (χ2n) is 8.52. The Bertz CT molecular complexity index is 1180. The summed E-state index contributed by atoms with van der Waals surface area (Å²) < 4.78 is 2.13. The van der Waals surface area contributed by atoms with Crippen LogP contribution >= 0.6 is 0 Å². The van der Waals surface area contributed by atoms with Gasteiger partial charge < -0.3 is 20.5 Å². The fourth-order valence-electron chi connectivity index (χ4n) is 3.99. The molecule has 2 atom stereocenters. The number of carbonyl (C=O) groups is 3. The third kappa shape index (κ3) is 4.34. The standard InChI is InChI=1S/C24H27N5O3/c1-14(2)13-29-20-11-7-6-10-18(20)26-22(29)15(3)25-21(30)12-19-24(32)27-17-9-5-4-8-16(17)23(31)28-19/h4-11,14-15,19H,12-13H2,1-3H3,(H,25,30)(H,27,32)(H,28,31)/t15-,19-/m0/s1. The predicted molar refractivity (Wildman–Crippen MR) is 122 cm³/mol. The average Bonchev–Trinajstić information content (AvgIpc) is 3.06. The minimum absolute atomic E-state index is 0.166. The van der Waals surface area contributed by atoms with Gasteiger partial charge in [0.1, 0.15) is 11.9 Å². The monoisotopic (exact) mass is 433 g/mol. The normalized spacial score (nSPS) is 16.8. The van der Waals surface area contributed by atoms with Crippen LogP contribution in [0.4, 0.5) is 5.69 Å². The Balaban J connectivity index is 1.49. The maximum atomic E-state index is 12.8. The third-order valence-electron chi connectivity index (χ3n) is 5.44. The lowest BCUT2D eigenvalue weighted by Crippen LogP contribution is -2.45. The Morgan fingerprint density at radius 3 is 2.59 bits per heavy atom. The Kier molecular flexibility index (Phi) is 5.94. The number of carbonyl (C=O) groups excluding carboxylic acids is 3.